The van der Waals surface area contributed by atoms with Crippen LogP contribution in [0.25, 0.3) is 0 Å². The van der Waals surface area contributed by atoms with E-state index in [9.17, 15) is 4.79 Å². The summed E-state index contributed by atoms with van der Waals surface area (Å²) in [6, 6.07) is 23.0. The molecule has 0 fully saturated rings. The Labute approximate surface area is 184 Å². The first-order valence-electron chi connectivity index (χ1n) is 9.63. The third-order valence-corrected chi connectivity index (χ3v) is 4.73. The first-order valence-corrected chi connectivity index (χ1v) is 10.4. The van der Waals surface area contributed by atoms with E-state index in [-0.39, 0.29) is 12.3 Å². The number of carbonyl (C=O) groups is 1. The van der Waals surface area contributed by atoms with Gasteiger partial charge in [-0.2, -0.15) is 5.10 Å². The smallest absolute Gasteiger partial charge is 0.244 e. The van der Waals surface area contributed by atoms with Crippen molar-refractivity contribution in [2.45, 2.75) is 20.0 Å². The van der Waals surface area contributed by atoms with Crippen LogP contribution in [0.15, 0.2) is 82.4 Å². The Kier molecular flexibility index (Phi) is 8.03. The van der Waals surface area contributed by atoms with E-state index in [1.165, 1.54) is 0 Å². The molecule has 3 aromatic carbocycles. The van der Waals surface area contributed by atoms with Crippen molar-refractivity contribution in [1.82, 2.24) is 5.43 Å². The summed E-state index contributed by atoms with van der Waals surface area (Å²) in [6.07, 6.45) is 1.86. The summed E-state index contributed by atoms with van der Waals surface area (Å²) in [5.74, 6) is 1.39. The third-order valence-electron chi connectivity index (χ3n) is 4.20. The van der Waals surface area contributed by atoms with E-state index in [1.807, 2.05) is 79.7 Å². The molecular formula is C24H23BrN2O3. The molecule has 6 heteroatoms. The molecule has 154 valence electrons. The molecule has 0 bridgehead atoms. The van der Waals surface area contributed by atoms with Gasteiger partial charge in [-0.25, -0.2) is 5.43 Å². The molecule has 0 radical (unpaired) electrons. The van der Waals surface area contributed by atoms with E-state index in [4.69, 9.17) is 9.47 Å². The number of hydrogen-bond donors (Lipinski definition) is 1. The normalized spacial score (nSPS) is 10.7. The van der Waals surface area contributed by atoms with Crippen LogP contribution < -0.4 is 14.9 Å². The van der Waals surface area contributed by atoms with E-state index in [0.717, 1.165) is 32.7 Å². The Hall–Kier alpha value is -3.12. The maximum atomic E-state index is 12.0. The average Bonchev–Trinajstić information content (AvgIpc) is 2.76. The van der Waals surface area contributed by atoms with Crippen molar-refractivity contribution >= 4 is 28.1 Å². The molecule has 0 aliphatic rings. The molecule has 0 aliphatic carbocycles. The molecule has 3 rings (SSSR count). The Balaban J connectivity index is 1.44. The molecule has 3 aromatic rings. The molecule has 1 amide bonds. The molecule has 0 spiro atoms. The predicted molar refractivity (Wildman–Crippen MR) is 122 cm³/mol. The number of nitrogens with one attached hydrogen (secondary N) is 1. The van der Waals surface area contributed by atoms with Gasteiger partial charge in [-0.05, 0) is 72.1 Å². The minimum Gasteiger partial charge on any atom is -0.494 e. The summed E-state index contributed by atoms with van der Waals surface area (Å²) in [5.41, 5.74) is 5.41. The van der Waals surface area contributed by atoms with Gasteiger partial charge in [0.1, 0.15) is 18.1 Å². The maximum Gasteiger partial charge on any atom is 0.244 e. The number of benzene rings is 3. The molecule has 0 unspecified atom stereocenters. The number of amides is 1. The highest BCUT2D eigenvalue weighted by Gasteiger charge is 2.03. The molecule has 1 N–H and O–H groups in total. The molecule has 0 saturated carbocycles. The third kappa shape index (κ3) is 7.04. The Morgan fingerprint density at radius 2 is 1.50 bits per heavy atom. The highest BCUT2D eigenvalue weighted by Crippen LogP contribution is 2.16. The summed E-state index contributed by atoms with van der Waals surface area (Å²) < 4.78 is 12.2. The lowest BCUT2D eigenvalue weighted by Gasteiger charge is -2.06. The van der Waals surface area contributed by atoms with E-state index in [2.05, 4.69) is 26.5 Å². The van der Waals surface area contributed by atoms with Crippen molar-refractivity contribution in [3.8, 4) is 11.5 Å². The molecule has 0 aromatic heterocycles. The van der Waals surface area contributed by atoms with Gasteiger partial charge < -0.3 is 9.47 Å². The van der Waals surface area contributed by atoms with Crippen LogP contribution in [0.3, 0.4) is 0 Å². The molecule has 0 atom stereocenters. The Bertz CT molecular complexity index is 969. The zero-order valence-electron chi connectivity index (χ0n) is 16.7. The number of carbonyl (C=O) groups excluding carboxylic acids is 1. The summed E-state index contributed by atoms with van der Waals surface area (Å²) in [5, 5.41) is 4.02. The average molecular weight is 467 g/mol. The lowest BCUT2D eigenvalue weighted by atomic mass is 10.1. The second kappa shape index (κ2) is 11.2. The second-order valence-corrected chi connectivity index (χ2v) is 7.45. The van der Waals surface area contributed by atoms with E-state index >= 15 is 0 Å². The van der Waals surface area contributed by atoms with Crippen LogP contribution >= 0.6 is 15.9 Å². The molecule has 0 heterocycles. The molecule has 0 aliphatic heterocycles. The van der Waals surface area contributed by atoms with Crippen LogP contribution in [0.2, 0.25) is 0 Å². The first-order chi connectivity index (χ1) is 14.6. The van der Waals surface area contributed by atoms with Gasteiger partial charge in [0.25, 0.3) is 0 Å². The van der Waals surface area contributed by atoms with Crippen LogP contribution in [-0.4, -0.2) is 18.7 Å². The minimum absolute atomic E-state index is 0.176. The zero-order valence-corrected chi connectivity index (χ0v) is 18.3. The highest BCUT2D eigenvalue weighted by atomic mass is 79.9. The molecule has 0 saturated heterocycles. The SMILES string of the molecule is CCOc1ccc(CC(=O)N/N=C/c2ccc(OCc3ccc(Br)cc3)cc2)cc1. The number of hydrogen-bond acceptors (Lipinski definition) is 4. The van der Waals surface area contributed by atoms with Crippen LogP contribution in [0.4, 0.5) is 0 Å². The first kappa shape index (κ1) is 21.6. The van der Waals surface area contributed by atoms with Crippen molar-refractivity contribution in [1.29, 1.82) is 0 Å². The molecular weight excluding hydrogens is 444 g/mol. The van der Waals surface area contributed by atoms with Gasteiger partial charge in [0.2, 0.25) is 5.91 Å². The van der Waals surface area contributed by atoms with Gasteiger partial charge >= 0.3 is 0 Å². The number of halogens is 1. The lowest BCUT2D eigenvalue weighted by molar-refractivity contribution is -0.120. The summed E-state index contributed by atoms with van der Waals surface area (Å²) in [4.78, 5) is 12.0. The van der Waals surface area contributed by atoms with Crippen molar-refractivity contribution in [3.05, 3.63) is 94.0 Å². The highest BCUT2D eigenvalue weighted by molar-refractivity contribution is 9.10. The van der Waals surface area contributed by atoms with Crippen LogP contribution in [0, 0.1) is 0 Å². The van der Waals surface area contributed by atoms with Crippen molar-refractivity contribution < 1.29 is 14.3 Å². The van der Waals surface area contributed by atoms with E-state index < -0.39 is 0 Å². The Morgan fingerprint density at radius 3 is 2.17 bits per heavy atom. The van der Waals surface area contributed by atoms with E-state index in [0.29, 0.717) is 13.2 Å². The van der Waals surface area contributed by atoms with Gasteiger partial charge in [0, 0.05) is 4.47 Å². The van der Waals surface area contributed by atoms with Crippen LogP contribution in [0.1, 0.15) is 23.6 Å². The summed E-state index contributed by atoms with van der Waals surface area (Å²) in [6.45, 7) is 3.05. The fourth-order valence-electron chi connectivity index (χ4n) is 2.67. The van der Waals surface area contributed by atoms with Gasteiger partial charge in [0.15, 0.2) is 0 Å². The monoisotopic (exact) mass is 466 g/mol. The molecule has 30 heavy (non-hydrogen) atoms. The Morgan fingerprint density at radius 1 is 0.900 bits per heavy atom. The number of ether oxygens (including phenoxy) is 2. The topological polar surface area (TPSA) is 59.9 Å². The minimum atomic E-state index is -0.176. The summed E-state index contributed by atoms with van der Waals surface area (Å²) >= 11 is 3.42. The number of rotatable bonds is 9. The van der Waals surface area contributed by atoms with Crippen molar-refractivity contribution in [2.24, 2.45) is 5.10 Å². The van der Waals surface area contributed by atoms with Crippen LogP contribution in [0.5, 0.6) is 11.5 Å². The maximum absolute atomic E-state index is 12.0. The standard InChI is InChI=1S/C24H23BrN2O3/c1-2-29-22-11-5-18(6-12-22)15-24(28)27-26-16-19-7-13-23(14-8-19)30-17-20-3-9-21(25)10-4-20/h3-14,16H,2,15,17H2,1H3,(H,27,28)/b26-16+. The fraction of sp³-hybridized carbons (Fsp3) is 0.167. The second-order valence-electron chi connectivity index (χ2n) is 6.53. The fourth-order valence-corrected chi connectivity index (χ4v) is 2.94. The number of nitrogens with zero attached hydrogens (tertiary/aromatic N) is 1. The zero-order chi connectivity index (χ0) is 21.2. The molecule has 5 nitrogen and oxygen atoms in total. The van der Waals surface area contributed by atoms with Crippen molar-refractivity contribution in [3.63, 3.8) is 0 Å². The number of hydrazone groups is 1. The quantitative estimate of drug-likeness (QED) is 0.351. The van der Waals surface area contributed by atoms with Gasteiger partial charge in [-0.15, -0.1) is 0 Å². The van der Waals surface area contributed by atoms with Gasteiger partial charge in [0.05, 0.1) is 19.2 Å². The lowest BCUT2D eigenvalue weighted by Crippen LogP contribution is -2.19. The van der Waals surface area contributed by atoms with Crippen LogP contribution in [-0.2, 0) is 17.8 Å². The predicted octanol–water partition coefficient (Wildman–Crippen LogP) is 5.12. The summed E-state index contributed by atoms with van der Waals surface area (Å²) in [7, 11) is 0. The van der Waals surface area contributed by atoms with Gasteiger partial charge in [-0.1, -0.05) is 40.2 Å². The van der Waals surface area contributed by atoms with Crippen molar-refractivity contribution in [2.75, 3.05) is 6.61 Å². The van der Waals surface area contributed by atoms with Gasteiger partial charge in [-0.3, -0.25) is 4.79 Å². The largest absolute Gasteiger partial charge is 0.494 e. The van der Waals surface area contributed by atoms with E-state index in [1.54, 1.807) is 6.21 Å².